The third-order valence-corrected chi connectivity index (χ3v) is 8.66. The standard InChI is InChI=1S/C19H27N7O3S2/c1-14-21-16(24-6-4-3-5-7-24)12-17(22-14)25-8-10-26(11-9-25)31(28,29)18-13-20-19(30-18)23-15(2)27/h12-13H,3-11H2,1-2H3,(H,20,23,27). The number of piperidine rings is 1. The zero-order chi connectivity index (χ0) is 22.0. The summed E-state index contributed by atoms with van der Waals surface area (Å²) >= 11 is 0.966. The Hall–Kier alpha value is -2.31. The molecule has 4 heterocycles. The molecule has 0 aromatic carbocycles. The van der Waals surface area contributed by atoms with Crippen LogP contribution in [0.25, 0.3) is 0 Å². The number of aromatic nitrogens is 3. The van der Waals surface area contributed by atoms with Crippen LogP contribution >= 0.6 is 11.3 Å². The topological polar surface area (TPSA) is 112 Å². The van der Waals surface area contributed by atoms with Gasteiger partial charge in [0.1, 0.15) is 17.5 Å². The molecule has 0 spiro atoms. The van der Waals surface area contributed by atoms with E-state index in [2.05, 4.69) is 30.1 Å². The van der Waals surface area contributed by atoms with Crippen molar-refractivity contribution < 1.29 is 13.2 Å². The zero-order valence-electron chi connectivity index (χ0n) is 17.7. The molecular formula is C19H27N7O3S2. The van der Waals surface area contributed by atoms with E-state index in [4.69, 9.17) is 0 Å². The van der Waals surface area contributed by atoms with E-state index in [-0.39, 0.29) is 15.2 Å². The van der Waals surface area contributed by atoms with E-state index in [1.165, 1.54) is 36.7 Å². The van der Waals surface area contributed by atoms with Gasteiger partial charge in [0.05, 0.1) is 6.20 Å². The maximum absolute atomic E-state index is 13.0. The highest BCUT2D eigenvalue weighted by Crippen LogP contribution is 2.28. The smallest absolute Gasteiger partial charge is 0.254 e. The summed E-state index contributed by atoms with van der Waals surface area (Å²) in [6, 6.07) is 2.02. The number of amides is 1. The molecule has 168 valence electrons. The third kappa shape index (κ3) is 4.96. The SMILES string of the molecule is CC(=O)Nc1ncc(S(=O)(=O)N2CCN(c3cc(N4CCCCC4)nc(C)n3)CC2)s1. The van der Waals surface area contributed by atoms with Crippen molar-refractivity contribution in [3.8, 4) is 0 Å². The van der Waals surface area contributed by atoms with Gasteiger partial charge in [0.25, 0.3) is 10.0 Å². The first-order chi connectivity index (χ1) is 14.8. The number of nitrogens with zero attached hydrogens (tertiary/aromatic N) is 6. The highest BCUT2D eigenvalue weighted by atomic mass is 32.2. The van der Waals surface area contributed by atoms with E-state index in [1.807, 2.05) is 13.0 Å². The molecule has 2 aliphatic rings. The molecular weight excluding hydrogens is 438 g/mol. The van der Waals surface area contributed by atoms with Gasteiger partial charge in [-0.05, 0) is 26.2 Å². The van der Waals surface area contributed by atoms with Gasteiger partial charge in [0.2, 0.25) is 5.91 Å². The Morgan fingerprint density at radius 1 is 1.00 bits per heavy atom. The molecule has 10 nitrogen and oxygen atoms in total. The van der Waals surface area contributed by atoms with Crippen LogP contribution in [0.3, 0.4) is 0 Å². The predicted octanol–water partition coefficient (Wildman–Crippen LogP) is 1.70. The molecule has 12 heteroatoms. The van der Waals surface area contributed by atoms with Crippen molar-refractivity contribution in [3.05, 3.63) is 18.1 Å². The number of piperazine rings is 1. The Kier molecular flexibility index (Phi) is 6.39. The fourth-order valence-corrected chi connectivity index (χ4v) is 6.51. The Morgan fingerprint density at radius 3 is 2.23 bits per heavy atom. The van der Waals surface area contributed by atoms with Gasteiger partial charge in [0.15, 0.2) is 9.34 Å². The monoisotopic (exact) mass is 465 g/mol. The average Bonchev–Trinajstić information content (AvgIpc) is 3.23. The molecule has 2 aromatic rings. The van der Waals surface area contributed by atoms with Crippen LogP contribution in [0.2, 0.25) is 0 Å². The molecule has 31 heavy (non-hydrogen) atoms. The summed E-state index contributed by atoms with van der Waals surface area (Å²) in [6.07, 6.45) is 4.92. The van der Waals surface area contributed by atoms with Crippen LogP contribution in [0.4, 0.5) is 16.8 Å². The molecule has 2 fully saturated rings. The van der Waals surface area contributed by atoms with Crippen molar-refractivity contribution in [1.29, 1.82) is 0 Å². The molecule has 0 aliphatic carbocycles. The Labute approximate surface area is 186 Å². The fraction of sp³-hybridized carbons (Fsp3) is 0.579. The van der Waals surface area contributed by atoms with Crippen molar-refractivity contribution in [2.24, 2.45) is 0 Å². The number of aryl methyl sites for hydroxylation is 1. The largest absolute Gasteiger partial charge is 0.356 e. The molecule has 2 aromatic heterocycles. The Balaban J connectivity index is 1.44. The first kappa shape index (κ1) is 21.9. The second-order valence-corrected chi connectivity index (χ2v) is 10.9. The van der Waals surface area contributed by atoms with Gasteiger partial charge < -0.3 is 15.1 Å². The summed E-state index contributed by atoms with van der Waals surface area (Å²) in [6.45, 7) is 7.09. The lowest BCUT2D eigenvalue weighted by Gasteiger charge is -2.35. The molecule has 1 N–H and O–H groups in total. The van der Waals surface area contributed by atoms with Gasteiger partial charge in [-0.2, -0.15) is 4.31 Å². The van der Waals surface area contributed by atoms with Crippen LogP contribution in [0.1, 0.15) is 32.0 Å². The quantitative estimate of drug-likeness (QED) is 0.710. The highest BCUT2D eigenvalue weighted by molar-refractivity contribution is 7.91. The summed E-state index contributed by atoms with van der Waals surface area (Å²) in [5.74, 6) is 2.24. The number of carbonyl (C=O) groups excluding carboxylic acids is 1. The number of rotatable bonds is 5. The third-order valence-electron chi connectivity index (χ3n) is 5.42. The van der Waals surface area contributed by atoms with Crippen LogP contribution in [0, 0.1) is 6.92 Å². The van der Waals surface area contributed by atoms with E-state index < -0.39 is 10.0 Å². The molecule has 0 saturated carbocycles. The molecule has 0 atom stereocenters. The number of thiazole rings is 1. The number of nitrogens with one attached hydrogen (secondary N) is 1. The number of sulfonamides is 1. The van der Waals surface area contributed by atoms with Gasteiger partial charge in [-0.15, -0.1) is 0 Å². The lowest BCUT2D eigenvalue weighted by molar-refractivity contribution is -0.114. The van der Waals surface area contributed by atoms with Gasteiger partial charge in [-0.25, -0.2) is 23.4 Å². The maximum Gasteiger partial charge on any atom is 0.254 e. The van der Waals surface area contributed by atoms with Crippen molar-refractivity contribution in [3.63, 3.8) is 0 Å². The van der Waals surface area contributed by atoms with Crippen LogP contribution in [-0.2, 0) is 14.8 Å². The first-order valence-corrected chi connectivity index (χ1v) is 12.7. The minimum absolute atomic E-state index is 0.134. The minimum Gasteiger partial charge on any atom is -0.356 e. The molecule has 0 unspecified atom stereocenters. The van der Waals surface area contributed by atoms with Crippen LogP contribution in [-0.4, -0.2) is 72.9 Å². The minimum atomic E-state index is -3.65. The molecule has 0 radical (unpaired) electrons. The normalized spacial score (nSPS) is 18.3. The van der Waals surface area contributed by atoms with Crippen molar-refractivity contribution in [2.45, 2.75) is 37.3 Å². The van der Waals surface area contributed by atoms with E-state index in [9.17, 15) is 13.2 Å². The second-order valence-electron chi connectivity index (χ2n) is 7.74. The predicted molar refractivity (Wildman–Crippen MR) is 120 cm³/mol. The molecule has 2 saturated heterocycles. The van der Waals surface area contributed by atoms with Gasteiger partial charge in [-0.1, -0.05) is 11.3 Å². The first-order valence-electron chi connectivity index (χ1n) is 10.4. The summed E-state index contributed by atoms with van der Waals surface area (Å²) in [7, 11) is -3.65. The highest BCUT2D eigenvalue weighted by Gasteiger charge is 2.31. The van der Waals surface area contributed by atoms with Gasteiger partial charge >= 0.3 is 0 Å². The van der Waals surface area contributed by atoms with E-state index in [0.717, 1.165) is 41.9 Å². The maximum atomic E-state index is 13.0. The molecule has 1 amide bonds. The lowest BCUT2D eigenvalue weighted by Crippen LogP contribution is -2.48. The van der Waals surface area contributed by atoms with E-state index in [1.54, 1.807) is 0 Å². The summed E-state index contributed by atoms with van der Waals surface area (Å²) in [5.41, 5.74) is 0. The molecule has 0 bridgehead atoms. The summed E-state index contributed by atoms with van der Waals surface area (Å²) < 4.78 is 27.6. The molecule has 2 aliphatic heterocycles. The van der Waals surface area contributed by atoms with Crippen LogP contribution in [0.5, 0.6) is 0 Å². The van der Waals surface area contributed by atoms with Crippen LogP contribution in [0.15, 0.2) is 16.5 Å². The van der Waals surface area contributed by atoms with Crippen molar-refractivity contribution in [2.75, 3.05) is 54.4 Å². The summed E-state index contributed by atoms with van der Waals surface area (Å²) in [4.78, 5) is 28.8. The van der Waals surface area contributed by atoms with Gasteiger partial charge in [-0.3, -0.25) is 4.79 Å². The van der Waals surface area contributed by atoms with E-state index >= 15 is 0 Å². The number of hydrogen-bond acceptors (Lipinski definition) is 9. The number of carbonyl (C=O) groups is 1. The van der Waals surface area contributed by atoms with Crippen molar-refractivity contribution >= 4 is 44.0 Å². The Morgan fingerprint density at radius 2 is 1.61 bits per heavy atom. The lowest BCUT2D eigenvalue weighted by atomic mass is 10.1. The van der Waals surface area contributed by atoms with Gasteiger partial charge in [0, 0.05) is 52.3 Å². The van der Waals surface area contributed by atoms with E-state index in [0.29, 0.717) is 26.2 Å². The molecule has 4 rings (SSSR count). The number of hydrogen-bond donors (Lipinski definition) is 1. The zero-order valence-corrected chi connectivity index (χ0v) is 19.4. The van der Waals surface area contributed by atoms with Crippen LogP contribution < -0.4 is 15.1 Å². The summed E-state index contributed by atoms with van der Waals surface area (Å²) in [5, 5.41) is 2.81. The fourth-order valence-electron chi connectivity index (χ4n) is 3.86. The number of anilines is 3. The second kappa shape index (κ2) is 9.05. The Bertz CT molecular complexity index is 1040. The van der Waals surface area contributed by atoms with Crippen molar-refractivity contribution in [1.82, 2.24) is 19.3 Å². The average molecular weight is 466 g/mol.